The number of benzene rings is 3. The summed E-state index contributed by atoms with van der Waals surface area (Å²) in [5.41, 5.74) is 8.60. The van der Waals surface area contributed by atoms with Gasteiger partial charge in [0, 0.05) is 6.07 Å². The summed E-state index contributed by atoms with van der Waals surface area (Å²) in [6, 6.07) is 20.6. The topological polar surface area (TPSA) is 59.8 Å². The number of aromatic nitrogens is 4. The lowest BCUT2D eigenvalue weighted by Crippen LogP contribution is -2.34. The van der Waals surface area contributed by atoms with Gasteiger partial charge in [0.1, 0.15) is 11.4 Å². The minimum absolute atomic E-state index is 0.767. The lowest BCUT2D eigenvalue weighted by Gasteiger charge is -2.06. The molecule has 0 aliphatic rings. The Hall–Kier alpha value is -4.06. The van der Waals surface area contributed by atoms with Crippen LogP contribution in [0.2, 0.25) is 0 Å². The molecular weight excluding hydrogens is 400 g/mol. The predicted molar refractivity (Wildman–Crippen MR) is 119 cm³/mol. The van der Waals surface area contributed by atoms with Crippen LogP contribution in [0.3, 0.4) is 0 Å². The molecule has 0 N–H and O–H groups in total. The first-order valence-electron chi connectivity index (χ1n) is 10.5. The largest absolute Gasteiger partial charge is 0.385 e. The third-order valence-corrected chi connectivity index (χ3v) is 5.84. The van der Waals surface area contributed by atoms with Crippen LogP contribution in [0.4, 0.5) is 0 Å². The zero-order chi connectivity index (χ0) is 22.2. The second kappa shape index (κ2) is 7.89. The van der Waals surface area contributed by atoms with E-state index in [-0.39, 0.29) is 0 Å². The summed E-state index contributed by atoms with van der Waals surface area (Å²) >= 11 is 0. The van der Waals surface area contributed by atoms with Crippen LogP contribution in [0, 0.1) is 27.7 Å². The number of hydrogen-bond acceptors (Lipinski definition) is 4. The van der Waals surface area contributed by atoms with Crippen molar-refractivity contribution in [2.75, 3.05) is 0 Å². The van der Waals surface area contributed by atoms with Gasteiger partial charge in [-0.15, -0.1) is 0 Å². The first-order chi connectivity index (χ1) is 15.5. The maximum Gasteiger partial charge on any atom is 0.385 e. The minimum atomic E-state index is 0.767. The molecule has 2 heterocycles. The molecule has 0 saturated carbocycles. The summed E-state index contributed by atoms with van der Waals surface area (Å²) in [4.78, 5) is 0. The van der Waals surface area contributed by atoms with Crippen LogP contribution in [-0.4, -0.2) is 10.3 Å². The van der Waals surface area contributed by atoms with Crippen LogP contribution in [0.15, 0.2) is 82.5 Å². The fourth-order valence-corrected chi connectivity index (χ4v) is 4.25. The van der Waals surface area contributed by atoms with Gasteiger partial charge < -0.3 is 0 Å². The van der Waals surface area contributed by atoms with Gasteiger partial charge >= 0.3 is 24.4 Å². The highest BCUT2D eigenvalue weighted by atomic mass is 16.5. The number of aryl methyl sites for hydroxylation is 4. The predicted octanol–water partition coefficient (Wildman–Crippen LogP) is 4.78. The van der Waals surface area contributed by atoms with Gasteiger partial charge in [-0.25, -0.2) is 9.05 Å². The van der Waals surface area contributed by atoms with Crippen LogP contribution in [0.1, 0.15) is 22.3 Å². The van der Waals surface area contributed by atoms with Gasteiger partial charge in [0.05, 0.1) is 11.1 Å². The summed E-state index contributed by atoms with van der Waals surface area (Å²) < 4.78 is 14.7. The molecule has 0 radical (unpaired) electrons. The Morgan fingerprint density at radius 2 is 0.938 bits per heavy atom. The molecule has 0 bridgehead atoms. The van der Waals surface area contributed by atoms with E-state index in [0.717, 1.165) is 56.4 Å². The Kier molecular flexibility index (Phi) is 4.90. The third kappa shape index (κ3) is 3.30. The Bertz CT molecular complexity index is 1290. The van der Waals surface area contributed by atoms with Crippen molar-refractivity contribution >= 4 is 0 Å². The third-order valence-electron chi connectivity index (χ3n) is 5.84. The molecule has 2 aromatic heterocycles. The van der Waals surface area contributed by atoms with Gasteiger partial charge in [-0.05, 0) is 62.1 Å². The Balaban J connectivity index is 1.63. The van der Waals surface area contributed by atoms with Crippen molar-refractivity contribution in [2.45, 2.75) is 27.7 Å². The fraction of sp³-hybridized carbons (Fsp3) is 0.154. The van der Waals surface area contributed by atoms with E-state index in [4.69, 9.17) is 9.05 Å². The molecule has 0 atom stereocenters. The molecule has 32 heavy (non-hydrogen) atoms. The molecule has 0 spiro atoms. The molecule has 5 aromatic rings. The highest BCUT2D eigenvalue weighted by Crippen LogP contribution is 2.25. The van der Waals surface area contributed by atoms with E-state index >= 15 is 0 Å². The van der Waals surface area contributed by atoms with Crippen molar-refractivity contribution in [1.82, 2.24) is 10.3 Å². The molecule has 6 heteroatoms. The van der Waals surface area contributed by atoms with Gasteiger partial charge in [0.25, 0.3) is 0 Å². The lowest BCUT2D eigenvalue weighted by molar-refractivity contribution is -0.597. The van der Waals surface area contributed by atoms with Crippen molar-refractivity contribution in [3.63, 3.8) is 0 Å². The Morgan fingerprint density at radius 3 is 1.34 bits per heavy atom. The molecule has 6 nitrogen and oxygen atoms in total. The molecule has 0 saturated heterocycles. The number of hydrogen-bond donors (Lipinski definition) is 0. The van der Waals surface area contributed by atoms with Gasteiger partial charge in [0.2, 0.25) is 0 Å². The highest BCUT2D eigenvalue weighted by molar-refractivity contribution is 5.63. The standard InChI is InChI=1S/C26H24N4O2/c1-17-8-5-9-18(2)23(17)25-27-31-15-29(25)21-12-7-13-22(14-21)30-16-32-28-26(30)24-19(3)10-6-11-20(24)4/h5-16H,1-4H3/q+2. The molecule has 0 aliphatic carbocycles. The zero-order valence-electron chi connectivity index (χ0n) is 18.5. The molecule has 5 rings (SSSR count). The van der Waals surface area contributed by atoms with Gasteiger partial charge in [-0.1, -0.05) is 42.5 Å². The molecule has 0 aliphatic heterocycles. The lowest BCUT2D eigenvalue weighted by atomic mass is 10.0. The van der Waals surface area contributed by atoms with E-state index in [1.54, 1.807) is 12.8 Å². The van der Waals surface area contributed by atoms with Gasteiger partial charge in [-0.3, -0.25) is 0 Å². The number of nitrogens with zero attached hydrogens (tertiary/aromatic N) is 4. The van der Waals surface area contributed by atoms with E-state index in [9.17, 15) is 0 Å². The smallest absolute Gasteiger partial charge is 0.221 e. The SMILES string of the molecule is Cc1cccc(C)c1-c1noc[n+]1-c1cccc(-[n+]2conc2-c2c(C)cccc2C)c1. The average Bonchev–Trinajstić information content (AvgIpc) is 3.44. The maximum atomic E-state index is 5.39. The summed E-state index contributed by atoms with van der Waals surface area (Å²) in [5, 5.41) is 8.63. The van der Waals surface area contributed by atoms with Crippen LogP contribution < -0.4 is 9.13 Å². The Morgan fingerprint density at radius 1 is 0.562 bits per heavy atom. The molecular formula is C26H24N4O2+2. The van der Waals surface area contributed by atoms with Gasteiger partial charge in [0.15, 0.2) is 10.3 Å². The zero-order valence-corrected chi connectivity index (χ0v) is 18.5. The van der Waals surface area contributed by atoms with Crippen molar-refractivity contribution in [3.8, 4) is 34.2 Å². The summed E-state index contributed by atoms with van der Waals surface area (Å²) in [6.07, 6.45) is 3.26. The molecule has 3 aromatic carbocycles. The normalized spacial score (nSPS) is 11.1. The summed E-state index contributed by atoms with van der Waals surface area (Å²) in [7, 11) is 0. The molecule has 0 fully saturated rings. The van der Waals surface area contributed by atoms with Crippen LogP contribution in [0.5, 0.6) is 0 Å². The minimum Gasteiger partial charge on any atom is -0.221 e. The monoisotopic (exact) mass is 424 g/mol. The molecule has 158 valence electrons. The highest BCUT2D eigenvalue weighted by Gasteiger charge is 2.27. The maximum absolute atomic E-state index is 5.39. The van der Waals surface area contributed by atoms with Crippen molar-refractivity contribution in [3.05, 3.63) is 95.7 Å². The summed E-state index contributed by atoms with van der Waals surface area (Å²) in [6.45, 7) is 8.34. The van der Waals surface area contributed by atoms with E-state index in [2.05, 4.69) is 80.5 Å². The Labute approximate surface area is 186 Å². The average molecular weight is 425 g/mol. The van der Waals surface area contributed by atoms with E-state index in [0.29, 0.717) is 0 Å². The molecule has 0 unspecified atom stereocenters. The summed E-state index contributed by atoms with van der Waals surface area (Å²) in [5.74, 6) is 1.53. The second-order valence-corrected chi connectivity index (χ2v) is 8.04. The first kappa shape index (κ1) is 19.9. The van der Waals surface area contributed by atoms with Crippen molar-refractivity contribution in [2.24, 2.45) is 0 Å². The van der Waals surface area contributed by atoms with E-state index in [1.165, 1.54) is 0 Å². The van der Waals surface area contributed by atoms with Crippen LogP contribution in [0.25, 0.3) is 34.2 Å². The number of rotatable bonds is 4. The van der Waals surface area contributed by atoms with Crippen molar-refractivity contribution in [1.29, 1.82) is 0 Å². The molecule has 0 amide bonds. The fourth-order valence-electron chi connectivity index (χ4n) is 4.25. The first-order valence-corrected chi connectivity index (χ1v) is 10.5. The van der Waals surface area contributed by atoms with Crippen LogP contribution >= 0.6 is 0 Å². The van der Waals surface area contributed by atoms with E-state index in [1.807, 2.05) is 27.3 Å². The van der Waals surface area contributed by atoms with Gasteiger partial charge in [-0.2, -0.15) is 9.13 Å². The quantitative estimate of drug-likeness (QED) is 0.390. The van der Waals surface area contributed by atoms with E-state index < -0.39 is 0 Å². The second-order valence-electron chi connectivity index (χ2n) is 8.04. The van der Waals surface area contributed by atoms with Crippen LogP contribution in [-0.2, 0) is 0 Å². The van der Waals surface area contributed by atoms with Crippen molar-refractivity contribution < 1.29 is 18.2 Å².